The fraction of sp³-hybridized carbons (Fsp3) is 0.667. The Morgan fingerprint density at radius 2 is 1.05 bits per heavy atom. The summed E-state index contributed by atoms with van der Waals surface area (Å²) in [6, 6.07) is 0. The number of nitrogens with zero attached hydrogens (tertiary/aromatic N) is 4. The van der Waals surface area contributed by atoms with Crippen molar-refractivity contribution in [3.05, 3.63) is 28.7 Å². The average Bonchev–Trinajstić information content (AvgIpc) is 3.57. The highest BCUT2D eigenvalue weighted by Crippen LogP contribution is 2.41. The molecule has 0 aliphatic heterocycles. The zero-order valence-corrected chi connectivity index (χ0v) is 29.1. The minimum Gasteiger partial charge on any atom is -0.267 e. The predicted molar refractivity (Wildman–Crippen MR) is 176 cm³/mol. The Morgan fingerprint density at radius 3 is 1.61 bits per heavy atom. The van der Waals surface area contributed by atoms with Crippen molar-refractivity contribution < 1.29 is 0 Å². The number of halogens is 2. The van der Waals surface area contributed by atoms with Crippen molar-refractivity contribution in [2.45, 2.75) is 118 Å². The second kappa shape index (κ2) is 15.9. The van der Waals surface area contributed by atoms with E-state index < -0.39 is 0 Å². The highest BCUT2D eigenvalue weighted by molar-refractivity contribution is 9.12. The maximum atomic E-state index is 4.73. The molecule has 0 saturated carbocycles. The zero-order valence-electron chi connectivity index (χ0n) is 24.3. The van der Waals surface area contributed by atoms with Gasteiger partial charge in [-0.15, -0.1) is 22.7 Å². The van der Waals surface area contributed by atoms with Gasteiger partial charge < -0.3 is 0 Å². The van der Waals surface area contributed by atoms with E-state index in [9.17, 15) is 0 Å². The molecule has 4 rings (SSSR count). The van der Waals surface area contributed by atoms with Gasteiger partial charge in [0.1, 0.15) is 0 Å². The lowest BCUT2D eigenvalue weighted by molar-refractivity contribution is 0.602. The topological polar surface area (TPSA) is 35.6 Å². The van der Waals surface area contributed by atoms with Crippen molar-refractivity contribution in [1.82, 2.24) is 19.6 Å². The number of aromatic nitrogens is 4. The summed E-state index contributed by atoms with van der Waals surface area (Å²) in [6.45, 7) is 8.96. The van der Waals surface area contributed by atoms with E-state index in [1.54, 1.807) is 11.3 Å². The molecule has 212 valence electrons. The summed E-state index contributed by atoms with van der Waals surface area (Å²) in [5.41, 5.74) is 5.12. The quantitative estimate of drug-likeness (QED) is 0.124. The lowest BCUT2D eigenvalue weighted by atomic mass is 10.1. The maximum Gasteiger partial charge on any atom is 0.0970 e. The molecule has 0 N–H and O–H groups in total. The number of rotatable bonds is 14. The van der Waals surface area contributed by atoms with Crippen molar-refractivity contribution in [3.8, 4) is 0 Å². The molecule has 0 radical (unpaired) electrons. The molecule has 4 nitrogen and oxygen atoms in total. The minimum absolute atomic E-state index is 1.09. The number of hydrogen-bond acceptors (Lipinski definition) is 4. The summed E-state index contributed by atoms with van der Waals surface area (Å²) in [6.07, 6.45) is 18.3. The normalized spacial score (nSPS) is 11.6. The molecule has 0 bridgehead atoms. The number of hydrogen-bond donors (Lipinski definition) is 0. The van der Waals surface area contributed by atoms with E-state index in [-0.39, 0.29) is 0 Å². The molecule has 8 heteroatoms. The van der Waals surface area contributed by atoms with Gasteiger partial charge in [0, 0.05) is 34.6 Å². The summed E-state index contributed by atoms with van der Waals surface area (Å²) in [5, 5.41) is 12.1. The maximum absolute atomic E-state index is 4.73. The van der Waals surface area contributed by atoms with E-state index in [0.29, 0.717) is 0 Å². The first-order chi connectivity index (χ1) is 18.3. The Hall–Kier alpha value is -0.700. The molecule has 0 spiro atoms. The van der Waals surface area contributed by atoms with Gasteiger partial charge in [-0.25, -0.2) is 0 Å². The predicted octanol–water partition coefficient (Wildman–Crippen LogP) is 11.2. The first-order valence-corrected chi connectivity index (χ1v) is 17.7. The van der Waals surface area contributed by atoms with Gasteiger partial charge >= 0.3 is 0 Å². The van der Waals surface area contributed by atoms with Crippen LogP contribution >= 0.6 is 54.5 Å². The number of unbranched alkanes of at least 4 members (excludes halogenated alkanes) is 10. The molecular formula is C30H46Br2N4S2. The number of aryl methyl sites for hydroxylation is 6. The molecule has 4 aromatic rings. The molecule has 38 heavy (non-hydrogen) atoms. The van der Waals surface area contributed by atoms with Crippen LogP contribution in [0.25, 0.3) is 21.8 Å². The van der Waals surface area contributed by atoms with Gasteiger partial charge in [0.15, 0.2) is 0 Å². The SMILES string of the molecule is CCCCCCCCc1nn(C)c2c(Br)sc(Br)c12.CCCCCCCCc1nn(C)c2c(C)sc(C)c12. The van der Waals surface area contributed by atoms with E-state index in [1.807, 2.05) is 23.1 Å². The van der Waals surface area contributed by atoms with Gasteiger partial charge in [-0.05, 0) is 71.4 Å². The molecule has 0 amide bonds. The smallest absolute Gasteiger partial charge is 0.0970 e. The van der Waals surface area contributed by atoms with Crippen LogP contribution in [-0.2, 0) is 26.9 Å². The van der Waals surface area contributed by atoms with E-state index in [1.165, 1.54) is 128 Å². The van der Waals surface area contributed by atoms with E-state index in [2.05, 4.69) is 76.4 Å². The summed E-state index contributed by atoms with van der Waals surface area (Å²) < 4.78 is 6.43. The summed E-state index contributed by atoms with van der Waals surface area (Å²) in [7, 11) is 4.10. The van der Waals surface area contributed by atoms with Crippen molar-refractivity contribution in [2.75, 3.05) is 0 Å². The van der Waals surface area contributed by atoms with Gasteiger partial charge in [-0.2, -0.15) is 10.2 Å². The highest BCUT2D eigenvalue weighted by atomic mass is 79.9. The Balaban J connectivity index is 0.000000211. The third-order valence-corrected chi connectivity index (χ3v) is 10.8. The summed E-state index contributed by atoms with van der Waals surface area (Å²) in [5.74, 6) is 0. The van der Waals surface area contributed by atoms with E-state index >= 15 is 0 Å². The van der Waals surface area contributed by atoms with Crippen LogP contribution in [0.4, 0.5) is 0 Å². The van der Waals surface area contributed by atoms with Crippen LogP contribution in [0.2, 0.25) is 0 Å². The Kier molecular flexibility index (Phi) is 13.3. The van der Waals surface area contributed by atoms with Crippen LogP contribution in [0.1, 0.15) is 112 Å². The zero-order chi connectivity index (χ0) is 27.7. The molecule has 4 aromatic heterocycles. The molecule has 0 aliphatic carbocycles. The van der Waals surface area contributed by atoms with E-state index in [4.69, 9.17) is 5.10 Å². The minimum atomic E-state index is 1.09. The molecule has 0 fully saturated rings. The second-order valence-electron chi connectivity index (χ2n) is 10.5. The number of thiophene rings is 2. The molecule has 0 unspecified atom stereocenters. The van der Waals surface area contributed by atoms with Gasteiger partial charge in [-0.1, -0.05) is 78.1 Å². The largest absolute Gasteiger partial charge is 0.267 e. The molecule has 0 aromatic carbocycles. The van der Waals surface area contributed by atoms with Gasteiger partial charge in [0.05, 0.1) is 30.0 Å². The first kappa shape index (κ1) is 31.8. The Labute approximate surface area is 254 Å². The third kappa shape index (κ3) is 8.17. The molecular weight excluding hydrogens is 640 g/mol. The van der Waals surface area contributed by atoms with Crippen molar-refractivity contribution in [1.29, 1.82) is 0 Å². The van der Waals surface area contributed by atoms with Crippen LogP contribution in [0.3, 0.4) is 0 Å². The molecule has 4 heterocycles. The van der Waals surface area contributed by atoms with Crippen molar-refractivity contribution in [2.24, 2.45) is 14.1 Å². The fourth-order valence-electron chi connectivity index (χ4n) is 5.37. The summed E-state index contributed by atoms with van der Waals surface area (Å²) >= 11 is 10.9. The van der Waals surface area contributed by atoms with Gasteiger partial charge in [-0.3, -0.25) is 9.36 Å². The molecule has 0 saturated heterocycles. The summed E-state index contributed by atoms with van der Waals surface area (Å²) in [4.78, 5) is 2.83. The number of fused-ring (bicyclic) bond motifs is 2. The average molecular weight is 687 g/mol. The fourth-order valence-corrected chi connectivity index (χ4v) is 9.77. The third-order valence-electron chi connectivity index (χ3n) is 7.33. The lowest BCUT2D eigenvalue weighted by Crippen LogP contribution is -1.93. The van der Waals surface area contributed by atoms with Crippen LogP contribution < -0.4 is 0 Å². The van der Waals surface area contributed by atoms with Crippen LogP contribution in [0, 0.1) is 13.8 Å². The Morgan fingerprint density at radius 1 is 0.579 bits per heavy atom. The van der Waals surface area contributed by atoms with E-state index in [0.717, 1.165) is 12.8 Å². The molecule has 0 aliphatic rings. The van der Waals surface area contributed by atoms with Gasteiger partial charge in [0.25, 0.3) is 0 Å². The second-order valence-corrected chi connectivity index (χ2v) is 15.6. The monoisotopic (exact) mass is 684 g/mol. The van der Waals surface area contributed by atoms with Crippen LogP contribution in [0.5, 0.6) is 0 Å². The standard InChI is InChI=1S/C16H26N2S.C14H20Br2N2S/c1-5-6-7-8-9-10-11-14-15-12(2)19-13(3)16(15)18(4)17-14;1-3-4-5-6-7-8-9-10-11-12(18(2)17-10)14(16)19-13(11)15/h5-11H2,1-4H3;3-9H2,1-2H3. The Bertz CT molecular complexity index is 1180. The lowest BCUT2D eigenvalue weighted by Gasteiger charge is -2.00. The molecule has 0 atom stereocenters. The van der Waals surface area contributed by atoms with Crippen LogP contribution in [0.15, 0.2) is 7.57 Å². The highest BCUT2D eigenvalue weighted by Gasteiger charge is 2.17. The van der Waals surface area contributed by atoms with Crippen molar-refractivity contribution >= 4 is 76.3 Å². The van der Waals surface area contributed by atoms with Crippen LogP contribution in [-0.4, -0.2) is 19.6 Å². The van der Waals surface area contributed by atoms with Gasteiger partial charge in [0.2, 0.25) is 0 Å². The van der Waals surface area contributed by atoms with Crippen molar-refractivity contribution in [3.63, 3.8) is 0 Å². The first-order valence-electron chi connectivity index (χ1n) is 14.5.